The SMILES string of the molecule is CNC(c1cc(Br)c(C)cc1OC)C1Cc2ccccc21. The zero-order chi connectivity index (χ0) is 15.0. The number of benzene rings is 2. The summed E-state index contributed by atoms with van der Waals surface area (Å²) in [6.45, 7) is 2.09. The van der Waals surface area contributed by atoms with Crippen LogP contribution in [0.25, 0.3) is 0 Å². The Bertz CT molecular complexity index is 668. The maximum atomic E-state index is 5.61. The molecule has 0 aromatic heterocycles. The van der Waals surface area contributed by atoms with Gasteiger partial charge < -0.3 is 10.1 Å². The minimum absolute atomic E-state index is 0.270. The van der Waals surface area contributed by atoms with Gasteiger partial charge in [-0.05, 0) is 49.2 Å². The molecule has 0 amide bonds. The molecule has 1 aliphatic rings. The van der Waals surface area contributed by atoms with Crippen LogP contribution in [0.2, 0.25) is 0 Å². The number of aryl methyl sites for hydroxylation is 1. The smallest absolute Gasteiger partial charge is 0.123 e. The van der Waals surface area contributed by atoms with Crippen molar-refractivity contribution >= 4 is 15.9 Å². The molecule has 0 saturated heterocycles. The minimum atomic E-state index is 0.270. The second kappa shape index (κ2) is 5.82. The maximum Gasteiger partial charge on any atom is 0.123 e. The van der Waals surface area contributed by atoms with Crippen molar-refractivity contribution in [1.82, 2.24) is 5.32 Å². The van der Waals surface area contributed by atoms with Gasteiger partial charge in [-0.2, -0.15) is 0 Å². The molecule has 0 saturated carbocycles. The van der Waals surface area contributed by atoms with E-state index in [1.165, 1.54) is 22.3 Å². The van der Waals surface area contributed by atoms with Crippen molar-refractivity contribution in [2.24, 2.45) is 0 Å². The molecule has 21 heavy (non-hydrogen) atoms. The number of nitrogens with one attached hydrogen (secondary N) is 1. The summed E-state index contributed by atoms with van der Waals surface area (Å²) in [6, 6.07) is 13.3. The third-order valence-electron chi connectivity index (χ3n) is 4.45. The Hall–Kier alpha value is -1.32. The Balaban J connectivity index is 2.00. The van der Waals surface area contributed by atoms with Gasteiger partial charge in [-0.3, -0.25) is 0 Å². The fraction of sp³-hybridized carbons (Fsp3) is 0.333. The van der Waals surface area contributed by atoms with Crippen LogP contribution < -0.4 is 10.1 Å². The maximum absolute atomic E-state index is 5.61. The second-order valence-electron chi connectivity index (χ2n) is 5.62. The van der Waals surface area contributed by atoms with Gasteiger partial charge in [-0.25, -0.2) is 0 Å². The standard InChI is InChI=1S/C18H20BrNO/c1-11-8-17(21-3)15(10-16(11)19)18(20-2)14-9-12-6-4-5-7-13(12)14/h4-8,10,14,18,20H,9H2,1-3H3. The highest BCUT2D eigenvalue weighted by Crippen LogP contribution is 2.46. The Kier molecular flexibility index (Phi) is 4.05. The first-order chi connectivity index (χ1) is 10.2. The van der Waals surface area contributed by atoms with Crippen LogP contribution in [-0.2, 0) is 6.42 Å². The zero-order valence-electron chi connectivity index (χ0n) is 12.6. The Labute approximate surface area is 134 Å². The summed E-state index contributed by atoms with van der Waals surface area (Å²) >= 11 is 3.64. The van der Waals surface area contributed by atoms with E-state index in [0.717, 1.165) is 16.6 Å². The van der Waals surface area contributed by atoms with Crippen molar-refractivity contribution in [3.63, 3.8) is 0 Å². The molecule has 3 rings (SSSR count). The topological polar surface area (TPSA) is 21.3 Å². The van der Waals surface area contributed by atoms with Crippen LogP contribution >= 0.6 is 15.9 Å². The molecule has 1 N–H and O–H groups in total. The molecule has 0 fully saturated rings. The highest BCUT2D eigenvalue weighted by atomic mass is 79.9. The number of hydrogen-bond donors (Lipinski definition) is 1. The van der Waals surface area contributed by atoms with E-state index in [-0.39, 0.29) is 6.04 Å². The lowest BCUT2D eigenvalue weighted by atomic mass is 9.71. The number of rotatable bonds is 4. The Morgan fingerprint density at radius 2 is 2.05 bits per heavy atom. The van der Waals surface area contributed by atoms with Gasteiger partial charge in [0.15, 0.2) is 0 Å². The van der Waals surface area contributed by atoms with Crippen LogP contribution in [0.3, 0.4) is 0 Å². The van der Waals surface area contributed by atoms with E-state index in [2.05, 4.69) is 64.6 Å². The monoisotopic (exact) mass is 345 g/mol. The van der Waals surface area contributed by atoms with Crippen molar-refractivity contribution in [2.45, 2.75) is 25.3 Å². The fourth-order valence-electron chi connectivity index (χ4n) is 3.26. The molecule has 0 bridgehead atoms. The highest BCUT2D eigenvalue weighted by molar-refractivity contribution is 9.10. The third-order valence-corrected chi connectivity index (χ3v) is 5.31. The largest absolute Gasteiger partial charge is 0.496 e. The molecule has 2 aromatic carbocycles. The average molecular weight is 346 g/mol. The molecule has 2 unspecified atom stereocenters. The lowest BCUT2D eigenvalue weighted by Crippen LogP contribution is -2.31. The summed E-state index contributed by atoms with van der Waals surface area (Å²) in [5.41, 5.74) is 5.33. The normalized spacial score (nSPS) is 17.8. The van der Waals surface area contributed by atoms with Gasteiger partial charge in [0.2, 0.25) is 0 Å². The molecule has 2 aromatic rings. The van der Waals surface area contributed by atoms with Crippen LogP contribution in [0.5, 0.6) is 5.75 Å². The number of methoxy groups -OCH3 is 1. The molecule has 2 nitrogen and oxygen atoms in total. The van der Waals surface area contributed by atoms with E-state index < -0.39 is 0 Å². The van der Waals surface area contributed by atoms with E-state index in [1.54, 1.807) is 7.11 Å². The molecule has 2 atom stereocenters. The summed E-state index contributed by atoms with van der Waals surface area (Å²) in [5, 5.41) is 3.48. The summed E-state index contributed by atoms with van der Waals surface area (Å²) in [5.74, 6) is 1.47. The molecular weight excluding hydrogens is 326 g/mol. The van der Waals surface area contributed by atoms with Crippen molar-refractivity contribution in [2.75, 3.05) is 14.2 Å². The van der Waals surface area contributed by atoms with E-state index in [0.29, 0.717) is 5.92 Å². The third kappa shape index (κ3) is 2.49. The van der Waals surface area contributed by atoms with E-state index in [1.807, 2.05) is 7.05 Å². The van der Waals surface area contributed by atoms with Crippen LogP contribution in [0.15, 0.2) is 40.9 Å². The molecular formula is C18H20BrNO. The quantitative estimate of drug-likeness (QED) is 0.888. The van der Waals surface area contributed by atoms with Crippen LogP contribution in [0.1, 0.15) is 34.2 Å². The highest BCUT2D eigenvalue weighted by Gasteiger charge is 2.34. The van der Waals surface area contributed by atoms with Gasteiger partial charge in [0.05, 0.1) is 7.11 Å². The first kappa shape index (κ1) is 14.6. The van der Waals surface area contributed by atoms with E-state index in [4.69, 9.17) is 4.74 Å². The summed E-state index contributed by atoms with van der Waals surface area (Å²) in [6.07, 6.45) is 1.12. The molecule has 0 heterocycles. The van der Waals surface area contributed by atoms with Crippen molar-refractivity contribution in [1.29, 1.82) is 0 Å². The Morgan fingerprint density at radius 1 is 1.29 bits per heavy atom. The summed E-state index contributed by atoms with van der Waals surface area (Å²) < 4.78 is 6.74. The van der Waals surface area contributed by atoms with Gasteiger partial charge in [-0.15, -0.1) is 0 Å². The summed E-state index contributed by atoms with van der Waals surface area (Å²) in [7, 11) is 3.77. The number of halogens is 1. The molecule has 0 aliphatic heterocycles. The van der Waals surface area contributed by atoms with Crippen LogP contribution in [0.4, 0.5) is 0 Å². The van der Waals surface area contributed by atoms with Gasteiger partial charge in [0.1, 0.15) is 5.75 Å². The first-order valence-corrected chi connectivity index (χ1v) is 8.04. The predicted molar refractivity (Wildman–Crippen MR) is 90.1 cm³/mol. The zero-order valence-corrected chi connectivity index (χ0v) is 14.2. The van der Waals surface area contributed by atoms with Crippen LogP contribution in [0, 0.1) is 6.92 Å². The van der Waals surface area contributed by atoms with Gasteiger partial charge in [0.25, 0.3) is 0 Å². The first-order valence-electron chi connectivity index (χ1n) is 7.24. The van der Waals surface area contributed by atoms with Crippen molar-refractivity contribution < 1.29 is 4.74 Å². The predicted octanol–water partition coefficient (Wildman–Crippen LogP) is 4.37. The lowest BCUT2D eigenvalue weighted by molar-refractivity contribution is 0.381. The number of hydrogen-bond acceptors (Lipinski definition) is 2. The number of ether oxygens (including phenoxy) is 1. The molecule has 0 radical (unpaired) electrons. The minimum Gasteiger partial charge on any atom is -0.496 e. The number of fused-ring (bicyclic) bond motifs is 1. The van der Waals surface area contributed by atoms with E-state index >= 15 is 0 Å². The summed E-state index contributed by atoms with van der Waals surface area (Å²) in [4.78, 5) is 0. The van der Waals surface area contributed by atoms with Crippen LogP contribution in [-0.4, -0.2) is 14.2 Å². The molecule has 1 aliphatic carbocycles. The lowest BCUT2D eigenvalue weighted by Gasteiger charge is -2.37. The molecule has 110 valence electrons. The van der Waals surface area contributed by atoms with Crippen molar-refractivity contribution in [3.8, 4) is 5.75 Å². The number of likely N-dealkylation sites (N-methyl/N-ethyl adjacent to an activating group) is 1. The van der Waals surface area contributed by atoms with Crippen molar-refractivity contribution in [3.05, 3.63) is 63.1 Å². The second-order valence-corrected chi connectivity index (χ2v) is 6.47. The Morgan fingerprint density at radius 3 is 2.71 bits per heavy atom. The molecule has 0 spiro atoms. The average Bonchev–Trinajstić information content (AvgIpc) is 2.47. The van der Waals surface area contributed by atoms with Gasteiger partial charge in [0, 0.05) is 22.0 Å². The van der Waals surface area contributed by atoms with E-state index in [9.17, 15) is 0 Å². The van der Waals surface area contributed by atoms with Gasteiger partial charge in [-0.1, -0.05) is 40.2 Å². The fourth-order valence-corrected chi connectivity index (χ4v) is 3.62. The molecule has 3 heteroatoms. The van der Waals surface area contributed by atoms with Gasteiger partial charge >= 0.3 is 0 Å².